The lowest BCUT2D eigenvalue weighted by atomic mass is 10.1. The Bertz CT molecular complexity index is 1220. The third-order valence-corrected chi connectivity index (χ3v) is 5.91. The number of nitrogens with zero attached hydrogens (tertiary/aromatic N) is 5. The van der Waals surface area contributed by atoms with Gasteiger partial charge in [-0.3, -0.25) is 4.79 Å². The third-order valence-electron chi connectivity index (χ3n) is 5.68. The van der Waals surface area contributed by atoms with Gasteiger partial charge in [0.25, 0.3) is 5.91 Å². The number of carbonyl (C=O) groups excluding carboxylic acids is 1. The van der Waals surface area contributed by atoms with Crippen LogP contribution in [0.5, 0.6) is 0 Å². The summed E-state index contributed by atoms with van der Waals surface area (Å²) < 4.78 is 1.86. The van der Waals surface area contributed by atoms with E-state index in [2.05, 4.69) is 33.4 Å². The van der Waals surface area contributed by atoms with Gasteiger partial charge in [0, 0.05) is 42.5 Å². The van der Waals surface area contributed by atoms with Crippen molar-refractivity contribution in [1.29, 1.82) is 0 Å². The molecule has 0 atom stereocenters. The van der Waals surface area contributed by atoms with Crippen molar-refractivity contribution < 1.29 is 4.79 Å². The van der Waals surface area contributed by atoms with E-state index in [0.29, 0.717) is 25.2 Å². The van der Waals surface area contributed by atoms with Gasteiger partial charge in [0.2, 0.25) is 0 Å². The Hall–Kier alpha value is -3.38. The number of fused-ring (bicyclic) bond motifs is 1. The molecule has 0 aliphatic carbocycles. The monoisotopic (exact) mass is 431 g/mol. The van der Waals surface area contributed by atoms with Crippen LogP contribution in [0.15, 0.2) is 72.8 Å². The largest absolute Gasteiger partial charge is 0.368 e. The first-order valence-corrected chi connectivity index (χ1v) is 10.7. The number of amides is 1. The van der Waals surface area contributed by atoms with E-state index in [-0.39, 0.29) is 5.91 Å². The molecule has 0 spiro atoms. The summed E-state index contributed by atoms with van der Waals surface area (Å²) in [5, 5.41) is 9.29. The molecule has 1 amide bonds. The summed E-state index contributed by atoms with van der Waals surface area (Å²) in [6.07, 6.45) is 0. The molecule has 156 valence electrons. The van der Waals surface area contributed by atoms with Crippen LogP contribution in [0.4, 0.5) is 5.69 Å². The van der Waals surface area contributed by atoms with Crippen LogP contribution >= 0.6 is 11.6 Å². The van der Waals surface area contributed by atoms with E-state index < -0.39 is 0 Å². The maximum absolute atomic E-state index is 13.1. The van der Waals surface area contributed by atoms with E-state index >= 15 is 0 Å². The smallest absolute Gasteiger partial charge is 0.254 e. The Morgan fingerprint density at radius 1 is 0.903 bits per heavy atom. The molecule has 1 aromatic heterocycles. The quantitative estimate of drug-likeness (QED) is 0.488. The molecule has 3 aromatic carbocycles. The predicted molar refractivity (Wildman–Crippen MR) is 123 cm³/mol. The Kier molecular flexibility index (Phi) is 5.30. The van der Waals surface area contributed by atoms with Crippen LogP contribution in [-0.4, -0.2) is 52.0 Å². The molecular formula is C24H22ClN5O. The predicted octanol–water partition coefficient (Wildman–Crippen LogP) is 4.10. The van der Waals surface area contributed by atoms with Gasteiger partial charge in [-0.05, 0) is 42.0 Å². The van der Waals surface area contributed by atoms with Gasteiger partial charge in [-0.15, -0.1) is 5.10 Å². The molecule has 0 unspecified atom stereocenters. The average Bonchev–Trinajstić information content (AvgIpc) is 3.21. The standard InChI is InChI=1S/C24H22ClN5O/c25-20-7-4-8-21(16-20)28-11-13-29(14-12-28)24(31)19-9-10-23-22(15-19)26-27-30(23)17-18-5-2-1-3-6-18/h1-10,15-16H,11-14,17H2. The number of hydrogen-bond donors (Lipinski definition) is 0. The average molecular weight is 432 g/mol. The number of rotatable bonds is 4. The number of aromatic nitrogens is 3. The number of carbonyl (C=O) groups is 1. The summed E-state index contributed by atoms with van der Waals surface area (Å²) >= 11 is 6.11. The third kappa shape index (κ3) is 4.11. The molecule has 0 saturated carbocycles. The van der Waals surface area contributed by atoms with E-state index in [1.165, 1.54) is 0 Å². The van der Waals surface area contributed by atoms with Crippen molar-refractivity contribution in [2.75, 3.05) is 31.1 Å². The number of benzene rings is 3. The number of hydrogen-bond acceptors (Lipinski definition) is 4. The van der Waals surface area contributed by atoms with Crippen LogP contribution in [0.2, 0.25) is 5.02 Å². The highest BCUT2D eigenvalue weighted by molar-refractivity contribution is 6.30. The Morgan fingerprint density at radius 2 is 1.71 bits per heavy atom. The van der Waals surface area contributed by atoms with Gasteiger partial charge >= 0.3 is 0 Å². The first-order valence-electron chi connectivity index (χ1n) is 10.3. The van der Waals surface area contributed by atoms with Gasteiger partial charge in [-0.25, -0.2) is 4.68 Å². The van der Waals surface area contributed by atoms with Gasteiger partial charge < -0.3 is 9.80 Å². The lowest BCUT2D eigenvalue weighted by molar-refractivity contribution is 0.0747. The maximum Gasteiger partial charge on any atom is 0.254 e. The summed E-state index contributed by atoms with van der Waals surface area (Å²) in [5.41, 5.74) is 4.56. The number of piperazine rings is 1. The molecular weight excluding hydrogens is 410 g/mol. The van der Waals surface area contributed by atoms with Crippen LogP contribution in [0.25, 0.3) is 11.0 Å². The van der Waals surface area contributed by atoms with Crippen molar-refractivity contribution in [3.05, 3.63) is 88.9 Å². The Labute approximate surface area is 185 Å². The van der Waals surface area contributed by atoms with E-state index in [0.717, 1.165) is 40.4 Å². The molecule has 6 nitrogen and oxygen atoms in total. The molecule has 1 aliphatic rings. The summed E-state index contributed by atoms with van der Waals surface area (Å²) in [6, 6.07) is 23.6. The normalized spacial score (nSPS) is 14.2. The Morgan fingerprint density at radius 3 is 2.48 bits per heavy atom. The van der Waals surface area contributed by atoms with Crippen LogP contribution in [0.1, 0.15) is 15.9 Å². The lowest BCUT2D eigenvalue weighted by Gasteiger charge is -2.36. The summed E-state index contributed by atoms with van der Waals surface area (Å²) in [5.74, 6) is 0.0326. The van der Waals surface area contributed by atoms with Gasteiger partial charge in [-0.1, -0.05) is 53.2 Å². The molecule has 5 rings (SSSR count). The zero-order valence-electron chi connectivity index (χ0n) is 17.0. The first kappa shape index (κ1) is 19.6. The van der Waals surface area contributed by atoms with Gasteiger partial charge in [0.15, 0.2) is 0 Å². The van der Waals surface area contributed by atoms with E-state index in [9.17, 15) is 4.79 Å². The van der Waals surface area contributed by atoms with E-state index in [4.69, 9.17) is 11.6 Å². The van der Waals surface area contributed by atoms with E-state index in [1.54, 1.807) is 0 Å². The van der Waals surface area contributed by atoms with Gasteiger partial charge in [0.05, 0.1) is 12.1 Å². The molecule has 1 fully saturated rings. The van der Waals surface area contributed by atoms with Crippen molar-refractivity contribution in [3.8, 4) is 0 Å². The fourth-order valence-corrected chi connectivity index (χ4v) is 4.19. The molecule has 1 saturated heterocycles. The summed E-state index contributed by atoms with van der Waals surface area (Å²) in [6.45, 7) is 3.55. The van der Waals surface area contributed by atoms with Gasteiger partial charge in [-0.2, -0.15) is 0 Å². The molecule has 7 heteroatoms. The van der Waals surface area contributed by atoms with Crippen molar-refractivity contribution in [2.24, 2.45) is 0 Å². The minimum absolute atomic E-state index is 0.0326. The highest BCUT2D eigenvalue weighted by Gasteiger charge is 2.23. The van der Waals surface area contributed by atoms with Crippen LogP contribution < -0.4 is 4.90 Å². The minimum Gasteiger partial charge on any atom is -0.368 e. The summed E-state index contributed by atoms with van der Waals surface area (Å²) in [7, 11) is 0. The van der Waals surface area contributed by atoms with Crippen LogP contribution in [-0.2, 0) is 6.54 Å². The molecule has 31 heavy (non-hydrogen) atoms. The molecule has 0 radical (unpaired) electrons. The highest BCUT2D eigenvalue weighted by atomic mass is 35.5. The molecule has 4 aromatic rings. The molecule has 0 N–H and O–H groups in total. The zero-order valence-corrected chi connectivity index (χ0v) is 17.7. The zero-order chi connectivity index (χ0) is 21.2. The lowest BCUT2D eigenvalue weighted by Crippen LogP contribution is -2.48. The van der Waals surface area contributed by atoms with Crippen LogP contribution in [0.3, 0.4) is 0 Å². The number of halogens is 1. The highest BCUT2D eigenvalue weighted by Crippen LogP contribution is 2.22. The second-order valence-electron chi connectivity index (χ2n) is 7.70. The topological polar surface area (TPSA) is 54.3 Å². The van der Waals surface area contributed by atoms with Crippen molar-refractivity contribution in [1.82, 2.24) is 19.9 Å². The van der Waals surface area contributed by atoms with Crippen molar-refractivity contribution in [2.45, 2.75) is 6.54 Å². The fraction of sp³-hybridized carbons (Fsp3) is 0.208. The van der Waals surface area contributed by atoms with Crippen LogP contribution in [0, 0.1) is 0 Å². The molecule has 2 heterocycles. The summed E-state index contributed by atoms with van der Waals surface area (Å²) in [4.78, 5) is 17.2. The molecule has 0 bridgehead atoms. The second kappa shape index (κ2) is 8.40. The minimum atomic E-state index is 0.0326. The first-order chi connectivity index (χ1) is 15.2. The van der Waals surface area contributed by atoms with E-state index in [1.807, 2.05) is 64.2 Å². The Balaban J connectivity index is 1.28. The second-order valence-corrected chi connectivity index (χ2v) is 8.13. The number of anilines is 1. The molecule has 1 aliphatic heterocycles. The van der Waals surface area contributed by atoms with Gasteiger partial charge in [0.1, 0.15) is 5.52 Å². The van der Waals surface area contributed by atoms with Crippen molar-refractivity contribution >= 4 is 34.2 Å². The SMILES string of the molecule is O=C(c1ccc2c(c1)nnn2Cc1ccccc1)N1CCN(c2cccc(Cl)c2)CC1. The van der Waals surface area contributed by atoms with Crippen molar-refractivity contribution in [3.63, 3.8) is 0 Å². The fourth-order valence-electron chi connectivity index (χ4n) is 4.00. The maximum atomic E-state index is 13.1.